The van der Waals surface area contributed by atoms with Crippen LogP contribution in [0.15, 0.2) is 48.5 Å². The van der Waals surface area contributed by atoms with E-state index >= 15 is 0 Å². The van der Waals surface area contributed by atoms with Crippen LogP contribution in [0.2, 0.25) is 0 Å². The van der Waals surface area contributed by atoms with Crippen molar-refractivity contribution in [3.8, 4) is 5.75 Å². The molecule has 3 rings (SSSR count). The molecule has 1 unspecified atom stereocenters. The van der Waals surface area contributed by atoms with Gasteiger partial charge in [0.15, 0.2) is 6.10 Å². The minimum absolute atomic E-state index is 0.135. The van der Waals surface area contributed by atoms with E-state index in [0.717, 1.165) is 12.8 Å². The van der Waals surface area contributed by atoms with Crippen LogP contribution in [0.3, 0.4) is 0 Å². The fourth-order valence-electron chi connectivity index (χ4n) is 2.95. The van der Waals surface area contributed by atoms with Crippen LogP contribution in [-0.2, 0) is 14.3 Å². The SMILES string of the molecule is CCCCOC(=O)c1ccc(NC(=O)CN2C(=O)C(C)Oc3ccccc32)cc1. The van der Waals surface area contributed by atoms with Crippen LogP contribution in [0.4, 0.5) is 11.4 Å². The van der Waals surface area contributed by atoms with Crippen molar-refractivity contribution in [3.05, 3.63) is 54.1 Å². The van der Waals surface area contributed by atoms with Gasteiger partial charge < -0.3 is 14.8 Å². The number of amides is 2. The molecule has 1 heterocycles. The van der Waals surface area contributed by atoms with Crippen LogP contribution in [0, 0.1) is 0 Å². The number of nitrogens with zero attached hydrogens (tertiary/aromatic N) is 1. The first kappa shape index (κ1) is 20.4. The van der Waals surface area contributed by atoms with Gasteiger partial charge in [-0.1, -0.05) is 25.5 Å². The van der Waals surface area contributed by atoms with Gasteiger partial charge in [0.05, 0.1) is 17.9 Å². The molecule has 1 N–H and O–H groups in total. The Morgan fingerprint density at radius 3 is 2.59 bits per heavy atom. The topological polar surface area (TPSA) is 84.9 Å². The highest BCUT2D eigenvalue weighted by molar-refractivity contribution is 6.06. The molecule has 2 aromatic carbocycles. The second-order valence-electron chi connectivity index (χ2n) is 6.77. The lowest BCUT2D eigenvalue weighted by Gasteiger charge is -2.32. The van der Waals surface area contributed by atoms with Crippen LogP contribution in [0.5, 0.6) is 5.75 Å². The number of carbonyl (C=O) groups excluding carboxylic acids is 3. The first-order valence-electron chi connectivity index (χ1n) is 9.63. The number of anilines is 2. The highest BCUT2D eigenvalue weighted by atomic mass is 16.5. The van der Waals surface area contributed by atoms with Crippen molar-refractivity contribution in [1.29, 1.82) is 0 Å². The van der Waals surface area contributed by atoms with Gasteiger partial charge in [-0.2, -0.15) is 0 Å². The first-order valence-corrected chi connectivity index (χ1v) is 9.63. The highest BCUT2D eigenvalue weighted by Gasteiger charge is 2.32. The van der Waals surface area contributed by atoms with Gasteiger partial charge in [-0.3, -0.25) is 14.5 Å². The van der Waals surface area contributed by atoms with Gasteiger partial charge in [0.25, 0.3) is 5.91 Å². The minimum atomic E-state index is -0.657. The quantitative estimate of drug-likeness (QED) is 0.573. The van der Waals surface area contributed by atoms with Gasteiger partial charge in [-0.05, 0) is 49.7 Å². The van der Waals surface area contributed by atoms with Crippen molar-refractivity contribution >= 4 is 29.2 Å². The Morgan fingerprint density at radius 2 is 1.86 bits per heavy atom. The Kier molecular flexibility index (Phi) is 6.49. The van der Waals surface area contributed by atoms with Gasteiger partial charge in [0.2, 0.25) is 5.91 Å². The molecular formula is C22H24N2O5. The third-order valence-corrected chi connectivity index (χ3v) is 4.51. The monoisotopic (exact) mass is 396 g/mol. The number of carbonyl (C=O) groups is 3. The Hall–Kier alpha value is -3.35. The van der Waals surface area contributed by atoms with E-state index in [1.54, 1.807) is 49.4 Å². The van der Waals surface area contributed by atoms with Gasteiger partial charge in [0.1, 0.15) is 12.3 Å². The summed E-state index contributed by atoms with van der Waals surface area (Å²) in [7, 11) is 0. The summed E-state index contributed by atoms with van der Waals surface area (Å²) in [5.74, 6) is -0.441. The van der Waals surface area contributed by atoms with E-state index in [9.17, 15) is 14.4 Å². The molecule has 1 aliphatic rings. The Labute approximate surface area is 169 Å². The van der Waals surface area contributed by atoms with Crippen LogP contribution in [0.1, 0.15) is 37.0 Å². The fourth-order valence-corrected chi connectivity index (χ4v) is 2.95. The second-order valence-corrected chi connectivity index (χ2v) is 6.77. The zero-order valence-corrected chi connectivity index (χ0v) is 16.5. The number of hydrogen-bond acceptors (Lipinski definition) is 5. The maximum absolute atomic E-state index is 12.5. The standard InChI is InChI=1S/C22H24N2O5/c1-3-4-13-28-22(27)16-9-11-17(12-10-16)23-20(25)14-24-18-7-5-6-8-19(18)29-15(2)21(24)26/h5-12,15H,3-4,13-14H2,1-2H3,(H,23,25). The number of hydrogen-bond donors (Lipinski definition) is 1. The zero-order valence-electron chi connectivity index (χ0n) is 16.5. The van der Waals surface area contributed by atoms with Gasteiger partial charge >= 0.3 is 5.97 Å². The Bertz CT molecular complexity index is 894. The molecule has 7 nitrogen and oxygen atoms in total. The predicted octanol–water partition coefficient (Wildman–Crippen LogP) is 3.40. The lowest BCUT2D eigenvalue weighted by Crippen LogP contribution is -2.47. The summed E-state index contributed by atoms with van der Waals surface area (Å²) < 4.78 is 10.7. The molecule has 2 amide bonds. The third kappa shape index (κ3) is 4.93. The number of benzene rings is 2. The van der Waals surface area contributed by atoms with Gasteiger partial charge in [-0.15, -0.1) is 0 Å². The van der Waals surface area contributed by atoms with Crippen LogP contribution in [0.25, 0.3) is 0 Å². The maximum Gasteiger partial charge on any atom is 0.338 e. The van der Waals surface area contributed by atoms with Crippen molar-refractivity contribution in [3.63, 3.8) is 0 Å². The van der Waals surface area contributed by atoms with E-state index in [4.69, 9.17) is 9.47 Å². The summed E-state index contributed by atoms with van der Waals surface area (Å²) in [6, 6.07) is 13.6. The molecule has 0 bridgehead atoms. The van der Waals surface area contributed by atoms with E-state index in [0.29, 0.717) is 29.3 Å². The van der Waals surface area contributed by atoms with Crippen LogP contribution >= 0.6 is 0 Å². The van der Waals surface area contributed by atoms with E-state index in [-0.39, 0.29) is 24.3 Å². The number of unbranched alkanes of at least 4 members (excludes halogenated alkanes) is 1. The summed E-state index contributed by atoms with van der Waals surface area (Å²) in [5, 5.41) is 2.75. The molecule has 0 spiro atoms. The summed E-state index contributed by atoms with van der Waals surface area (Å²) >= 11 is 0. The smallest absolute Gasteiger partial charge is 0.338 e. The number of nitrogens with one attached hydrogen (secondary N) is 1. The van der Waals surface area contributed by atoms with E-state index in [1.807, 2.05) is 13.0 Å². The van der Waals surface area contributed by atoms with Gasteiger partial charge in [-0.25, -0.2) is 4.79 Å². The average molecular weight is 396 g/mol. The van der Waals surface area contributed by atoms with Gasteiger partial charge in [0, 0.05) is 5.69 Å². The molecule has 0 saturated carbocycles. The van der Waals surface area contributed by atoms with E-state index < -0.39 is 6.10 Å². The van der Waals surface area contributed by atoms with Crippen LogP contribution < -0.4 is 15.0 Å². The van der Waals surface area contributed by atoms with Crippen molar-refractivity contribution < 1.29 is 23.9 Å². The zero-order chi connectivity index (χ0) is 20.8. The molecule has 2 aromatic rings. The summed E-state index contributed by atoms with van der Waals surface area (Å²) in [6.45, 7) is 3.93. The number of ether oxygens (including phenoxy) is 2. The average Bonchev–Trinajstić information content (AvgIpc) is 2.72. The van der Waals surface area contributed by atoms with Crippen LogP contribution in [-0.4, -0.2) is 37.0 Å². The fraction of sp³-hybridized carbons (Fsp3) is 0.318. The molecule has 0 aliphatic carbocycles. The molecule has 0 fully saturated rings. The molecule has 7 heteroatoms. The summed E-state index contributed by atoms with van der Waals surface area (Å²) in [5.41, 5.74) is 1.52. The van der Waals surface area contributed by atoms with Crippen molar-refractivity contribution in [2.45, 2.75) is 32.8 Å². The number of para-hydroxylation sites is 2. The van der Waals surface area contributed by atoms with Crippen molar-refractivity contribution in [2.24, 2.45) is 0 Å². The van der Waals surface area contributed by atoms with Crippen molar-refractivity contribution in [1.82, 2.24) is 0 Å². The molecule has 0 saturated heterocycles. The summed E-state index contributed by atoms with van der Waals surface area (Å²) in [4.78, 5) is 38.3. The molecule has 152 valence electrons. The molecular weight excluding hydrogens is 372 g/mol. The number of esters is 1. The number of fused-ring (bicyclic) bond motifs is 1. The molecule has 29 heavy (non-hydrogen) atoms. The Morgan fingerprint density at radius 1 is 1.14 bits per heavy atom. The number of rotatable bonds is 7. The van der Waals surface area contributed by atoms with Crippen molar-refractivity contribution in [2.75, 3.05) is 23.4 Å². The van der Waals surface area contributed by atoms with E-state index in [1.165, 1.54) is 4.90 Å². The predicted molar refractivity (Wildman–Crippen MR) is 109 cm³/mol. The molecule has 0 aromatic heterocycles. The summed E-state index contributed by atoms with van der Waals surface area (Å²) in [6.07, 6.45) is 1.12. The Balaban J connectivity index is 1.62. The van der Waals surface area contributed by atoms with E-state index in [2.05, 4.69) is 5.32 Å². The largest absolute Gasteiger partial charge is 0.479 e. The second kappa shape index (κ2) is 9.23. The minimum Gasteiger partial charge on any atom is -0.479 e. The lowest BCUT2D eigenvalue weighted by atomic mass is 10.2. The highest BCUT2D eigenvalue weighted by Crippen LogP contribution is 2.33. The molecule has 1 atom stereocenters. The first-order chi connectivity index (χ1) is 14.0. The lowest BCUT2D eigenvalue weighted by molar-refractivity contribution is -0.127. The maximum atomic E-state index is 12.5. The molecule has 1 aliphatic heterocycles. The normalized spacial score (nSPS) is 15.3. The third-order valence-electron chi connectivity index (χ3n) is 4.51. The molecule has 0 radical (unpaired) electrons.